The topological polar surface area (TPSA) is 0 Å². The van der Waals surface area contributed by atoms with Crippen LogP contribution >= 0.6 is 0 Å². The first-order valence-corrected chi connectivity index (χ1v) is 19.8. The zero-order valence-electron chi connectivity index (χ0n) is 26.7. The first-order valence-electron chi connectivity index (χ1n) is 17.3. The van der Waals surface area contributed by atoms with Crippen LogP contribution in [0.5, 0.6) is 0 Å². The fraction of sp³-hybridized carbons (Fsp3) is 0.326. The standard InChI is InChI=1S/C25H29.C13H10.C5H5.2ClH.Ti/c1-3-7-18(8-4-1)20-11-13-22-15-23-14-12-21(17-25(23)24(22)16-20)19-9-5-2-6-10-19;1-3-7-12(8-4-1)11-13-9-5-2-6-10-13;1-2-4-5-3-1;;;/h11-19H,1-10H2;1-10H;1-3H,4H2;2*1H;/q;;;;;+2/p-2. The molecule has 46 heavy (non-hydrogen) atoms. The molecule has 0 unspecified atom stereocenters. The molecule has 0 nitrogen and oxygen atoms in total. The summed E-state index contributed by atoms with van der Waals surface area (Å²) in [5, 5.41) is 0. The third-order valence-corrected chi connectivity index (χ3v) is 16.3. The van der Waals surface area contributed by atoms with Gasteiger partial charge in [-0.05, 0) is 0 Å². The van der Waals surface area contributed by atoms with Crippen molar-refractivity contribution in [2.75, 3.05) is 0 Å². The molecule has 4 aliphatic rings. The fourth-order valence-electron chi connectivity index (χ4n) is 8.80. The molecular weight excluding hydrogens is 635 g/mol. The molecule has 4 aromatic carbocycles. The second-order valence-corrected chi connectivity index (χ2v) is 17.6. The number of halogens is 2. The molecular formula is C43H44Cl2Ti. The van der Waals surface area contributed by atoms with E-state index >= 15 is 0 Å². The van der Waals surface area contributed by atoms with Gasteiger partial charge < -0.3 is 24.8 Å². The van der Waals surface area contributed by atoms with Crippen LogP contribution in [0.3, 0.4) is 0 Å². The van der Waals surface area contributed by atoms with E-state index in [1.807, 2.05) is 0 Å². The van der Waals surface area contributed by atoms with Crippen LogP contribution in [0, 0.1) is 0 Å². The van der Waals surface area contributed by atoms with Crippen LogP contribution in [0.1, 0.15) is 120 Å². The minimum absolute atomic E-state index is 0. The molecule has 0 spiro atoms. The monoisotopic (exact) mass is 678 g/mol. The second-order valence-electron chi connectivity index (χ2n) is 13.6. The predicted octanol–water partition coefficient (Wildman–Crippen LogP) is 5.59. The van der Waals surface area contributed by atoms with E-state index in [4.69, 9.17) is 0 Å². The summed E-state index contributed by atoms with van der Waals surface area (Å²) in [5.74, 6) is 1.46. The Bertz CT molecular complexity index is 1630. The van der Waals surface area contributed by atoms with Gasteiger partial charge >= 0.3 is 272 Å². The number of benzene rings is 4. The Labute approximate surface area is 294 Å². The van der Waals surface area contributed by atoms with Gasteiger partial charge in [0.2, 0.25) is 0 Å². The van der Waals surface area contributed by atoms with Gasteiger partial charge in [-0.25, -0.2) is 0 Å². The summed E-state index contributed by atoms with van der Waals surface area (Å²) in [4.78, 5) is 0. The van der Waals surface area contributed by atoms with Crippen LogP contribution in [0.25, 0.3) is 11.1 Å². The van der Waals surface area contributed by atoms with Crippen molar-refractivity contribution in [2.24, 2.45) is 0 Å². The summed E-state index contributed by atoms with van der Waals surface area (Å²) in [6.45, 7) is 0. The molecule has 3 heteroatoms. The van der Waals surface area contributed by atoms with Crippen molar-refractivity contribution in [1.82, 2.24) is 0 Å². The van der Waals surface area contributed by atoms with Crippen LogP contribution in [-0.4, -0.2) is 3.81 Å². The van der Waals surface area contributed by atoms with Crippen molar-refractivity contribution in [2.45, 2.75) is 86.7 Å². The van der Waals surface area contributed by atoms with Gasteiger partial charge in [0.1, 0.15) is 0 Å². The Kier molecular flexibility index (Phi) is 11.0. The molecule has 0 radical (unpaired) electrons. The van der Waals surface area contributed by atoms with Crippen LogP contribution in [-0.2, 0) is 17.4 Å². The average Bonchev–Trinajstić information content (AvgIpc) is 3.75. The zero-order valence-corrected chi connectivity index (χ0v) is 29.8. The number of hydrogen-bond acceptors (Lipinski definition) is 0. The maximum absolute atomic E-state index is 2.66. The largest absolute Gasteiger partial charge is 1.00 e. The Morgan fingerprint density at radius 1 is 0.543 bits per heavy atom. The van der Waals surface area contributed by atoms with E-state index in [1.54, 1.807) is 41.1 Å². The van der Waals surface area contributed by atoms with Crippen molar-refractivity contribution >= 4 is 3.81 Å². The summed E-state index contributed by atoms with van der Waals surface area (Å²) in [5.41, 5.74) is 12.3. The van der Waals surface area contributed by atoms with Gasteiger partial charge in [0.15, 0.2) is 0 Å². The van der Waals surface area contributed by atoms with E-state index < -0.39 is 17.4 Å². The number of allylic oxidation sites excluding steroid dienone is 4. The van der Waals surface area contributed by atoms with Crippen molar-refractivity contribution in [3.05, 3.63) is 153 Å². The molecule has 0 N–H and O–H groups in total. The Morgan fingerprint density at radius 2 is 1.02 bits per heavy atom. The Morgan fingerprint density at radius 3 is 1.46 bits per heavy atom. The van der Waals surface area contributed by atoms with Gasteiger partial charge in [-0.1, -0.05) is 0 Å². The minimum atomic E-state index is -2.17. The normalized spacial score (nSPS) is 17.6. The SMILES string of the molecule is C1=CC[C]([Ti+2](=[C](c2ccccc2)c2ccccc2)[CH]2c3ccc(C4CCCCC4)cc3-c3cc(C4CCCCC4)ccc32)=C1.[Cl-].[Cl-]. The molecule has 0 atom stereocenters. The Hall–Kier alpha value is -2.48. The quantitative estimate of drug-likeness (QED) is 0.234. The molecule has 4 aromatic rings. The first kappa shape index (κ1) is 33.4. The van der Waals surface area contributed by atoms with Crippen molar-refractivity contribution in [3.8, 4) is 11.1 Å². The molecule has 4 aliphatic carbocycles. The van der Waals surface area contributed by atoms with Gasteiger partial charge in [0.25, 0.3) is 0 Å². The zero-order chi connectivity index (χ0) is 29.3. The van der Waals surface area contributed by atoms with Gasteiger partial charge in [0, 0.05) is 0 Å². The van der Waals surface area contributed by atoms with Crippen molar-refractivity contribution < 1.29 is 42.2 Å². The first-order chi connectivity index (χ1) is 21.8. The van der Waals surface area contributed by atoms with E-state index in [-0.39, 0.29) is 24.8 Å². The molecule has 0 saturated heterocycles. The fourth-order valence-corrected chi connectivity index (χ4v) is 14.5. The third kappa shape index (κ3) is 6.49. The van der Waals surface area contributed by atoms with Crippen LogP contribution in [0.15, 0.2) is 119 Å². The molecule has 0 bridgehead atoms. The van der Waals surface area contributed by atoms with Crippen molar-refractivity contribution in [1.29, 1.82) is 0 Å². The van der Waals surface area contributed by atoms with E-state index in [0.717, 1.165) is 18.3 Å². The number of hydrogen-bond donors (Lipinski definition) is 0. The van der Waals surface area contributed by atoms with E-state index in [9.17, 15) is 0 Å². The maximum atomic E-state index is 2.66. The van der Waals surface area contributed by atoms with Crippen molar-refractivity contribution in [3.63, 3.8) is 0 Å². The molecule has 2 saturated carbocycles. The molecule has 234 valence electrons. The molecule has 0 heterocycles. The molecule has 8 rings (SSSR count). The smallest absolute Gasteiger partial charge is 1.00 e. The van der Waals surface area contributed by atoms with Gasteiger partial charge in [-0.3, -0.25) is 0 Å². The number of rotatable bonds is 6. The van der Waals surface area contributed by atoms with E-state index in [2.05, 4.69) is 115 Å². The maximum Gasteiger partial charge on any atom is -1.00 e. The summed E-state index contributed by atoms with van der Waals surface area (Å²) >= 11 is -2.17. The van der Waals surface area contributed by atoms with E-state index in [0.29, 0.717) is 4.22 Å². The second kappa shape index (κ2) is 15.2. The summed E-state index contributed by atoms with van der Waals surface area (Å²) in [6, 6.07) is 38.3. The summed E-state index contributed by atoms with van der Waals surface area (Å²) in [7, 11) is 0. The molecule has 0 aliphatic heterocycles. The molecule has 0 aromatic heterocycles. The third-order valence-electron chi connectivity index (χ3n) is 11.0. The van der Waals surface area contributed by atoms with Crippen LogP contribution < -0.4 is 24.8 Å². The Balaban J connectivity index is 0.00000186. The number of fused-ring (bicyclic) bond motifs is 3. The average molecular weight is 680 g/mol. The van der Waals surface area contributed by atoms with E-state index in [1.165, 1.54) is 75.3 Å². The summed E-state index contributed by atoms with van der Waals surface area (Å²) < 4.78 is 3.78. The van der Waals surface area contributed by atoms with Crippen LogP contribution in [0.4, 0.5) is 0 Å². The van der Waals surface area contributed by atoms with Gasteiger partial charge in [-0.15, -0.1) is 0 Å². The van der Waals surface area contributed by atoms with Crippen LogP contribution in [0.2, 0.25) is 0 Å². The minimum Gasteiger partial charge on any atom is -1.00 e. The van der Waals surface area contributed by atoms with Gasteiger partial charge in [-0.2, -0.15) is 0 Å². The van der Waals surface area contributed by atoms with Gasteiger partial charge in [0.05, 0.1) is 0 Å². The molecule has 0 amide bonds. The predicted molar refractivity (Wildman–Crippen MR) is 183 cm³/mol. The summed E-state index contributed by atoms with van der Waals surface area (Å²) in [6.07, 6.45) is 22.1. The molecule has 2 fully saturated rings.